The summed E-state index contributed by atoms with van der Waals surface area (Å²) in [6.45, 7) is 1.86. The number of hydrogen-bond donors (Lipinski definition) is 1. The summed E-state index contributed by atoms with van der Waals surface area (Å²) in [5.74, 6) is 0.797. The van der Waals surface area contributed by atoms with Crippen molar-refractivity contribution in [3.05, 3.63) is 57.0 Å². The van der Waals surface area contributed by atoms with Gasteiger partial charge in [-0.15, -0.1) is 0 Å². The molecule has 106 valence electrons. The Bertz CT molecular complexity index is 890. The standard InChI is InChI=1S/C15H11BrN2O3/c1-8-4-14(19)21-13-6-10(2-3-11(8)13)20-15-12(17)5-9(16)7-18-15/h2-7H,17H2,1H3. The van der Waals surface area contributed by atoms with Crippen molar-refractivity contribution in [3.8, 4) is 11.6 Å². The maximum absolute atomic E-state index is 11.4. The first-order valence-corrected chi connectivity index (χ1v) is 6.95. The molecule has 6 heteroatoms. The van der Waals surface area contributed by atoms with E-state index in [4.69, 9.17) is 14.9 Å². The zero-order chi connectivity index (χ0) is 15.0. The quantitative estimate of drug-likeness (QED) is 0.716. The zero-order valence-electron chi connectivity index (χ0n) is 11.1. The van der Waals surface area contributed by atoms with Gasteiger partial charge in [-0.2, -0.15) is 0 Å². The number of rotatable bonds is 2. The van der Waals surface area contributed by atoms with Crippen molar-refractivity contribution in [3.63, 3.8) is 0 Å². The smallest absolute Gasteiger partial charge is 0.336 e. The predicted molar refractivity (Wildman–Crippen MR) is 83.6 cm³/mol. The van der Waals surface area contributed by atoms with Crippen LogP contribution in [0, 0.1) is 6.92 Å². The fourth-order valence-corrected chi connectivity index (χ4v) is 2.36. The van der Waals surface area contributed by atoms with E-state index in [-0.39, 0.29) is 0 Å². The second-order valence-corrected chi connectivity index (χ2v) is 5.47. The van der Waals surface area contributed by atoms with Crippen molar-refractivity contribution in [2.75, 3.05) is 5.73 Å². The Morgan fingerprint density at radius 2 is 2.10 bits per heavy atom. The summed E-state index contributed by atoms with van der Waals surface area (Å²) in [4.78, 5) is 15.5. The van der Waals surface area contributed by atoms with Crippen LogP contribution in [0.2, 0.25) is 0 Å². The highest BCUT2D eigenvalue weighted by molar-refractivity contribution is 9.10. The molecule has 0 amide bonds. The zero-order valence-corrected chi connectivity index (χ0v) is 12.7. The SMILES string of the molecule is Cc1cc(=O)oc2cc(Oc3ncc(Br)cc3N)ccc12. The lowest BCUT2D eigenvalue weighted by atomic mass is 10.1. The number of ether oxygens (including phenoxy) is 1. The molecular weight excluding hydrogens is 336 g/mol. The average molecular weight is 347 g/mol. The predicted octanol–water partition coefficient (Wildman–Crippen LogP) is 3.63. The molecule has 2 aromatic heterocycles. The molecule has 5 nitrogen and oxygen atoms in total. The molecule has 0 spiro atoms. The number of nitrogens with zero attached hydrogens (tertiary/aromatic N) is 1. The topological polar surface area (TPSA) is 78.3 Å². The van der Waals surface area contributed by atoms with Gasteiger partial charge in [0.25, 0.3) is 0 Å². The number of halogens is 1. The molecule has 0 radical (unpaired) electrons. The van der Waals surface area contributed by atoms with Gasteiger partial charge >= 0.3 is 5.63 Å². The minimum Gasteiger partial charge on any atom is -0.437 e. The van der Waals surface area contributed by atoms with Crippen LogP contribution in [0.4, 0.5) is 5.69 Å². The van der Waals surface area contributed by atoms with Crippen molar-refractivity contribution < 1.29 is 9.15 Å². The van der Waals surface area contributed by atoms with Crippen LogP contribution in [0.15, 0.2) is 50.2 Å². The molecule has 21 heavy (non-hydrogen) atoms. The monoisotopic (exact) mass is 346 g/mol. The highest BCUT2D eigenvalue weighted by Crippen LogP contribution is 2.29. The number of nitrogens with two attached hydrogens (primary N) is 1. The summed E-state index contributed by atoms with van der Waals surface area (Å²) < 4.78 is 11.6. The van der Waals surface area contributed by atoms with Crippen molar-refractivity contribution >= 4 is 32.6 Å². The number of fused-ring (bicyclic) bond motifs is 1. The fraction of sp³-hybridized carbons (Fsp3) is 0.0667. The third-order valence-corrected chi connectivity index (χ3v) is 3.42. The molecule has 0 aliphatic heterocycles. The van der Waals surface area contributed by atoms with E-state index in [0.29, 0.717) is 22.9 Å². The maximum atomic E-state index is 11.4. The summed E-state index contributed by atoms with van der Waals surface area (Å²) in [5.41, 5.74) is 7.18. The lowest BCUT2D eigenvalue weighted by Gasteiger charge is -2.08. The van der Waals surface area contributed by atoms with E-state index < -0.39 is 5.63 Å². The van der Waals surface area contributed by atoms with E-state index >= 15 is 0 Å². The van der Waals surface area contributed by atoms with E-state index in [1.165, 1.54) is 6.07 Å². The first-order valence-electron chi connectivity index (χ1n) is 6.16. The largest absolute Gasteiger partial charge is 0.437 e. The van der Waals surface area contributed by atoms with Crippen LogP contribution in [0.5, 0.6) is 11.6 Å². The van der Waals surface area contributed by atoms with Crippen LogP contribution >= 0.6 is 15.9 Å². The van der Waals surface area contributed by atoms with Crippen molar-refractivity contribution in [2.24, 2.45) is 0 Å². The van der Waals surface area contributed by atoms with Gasteiger partial charge in [-0.3, -0.25) is 0 Å². The van der Waals surface area contributed by atoms with Gasteiger partial charge in [0.05, 0.1) is 5.69 Å². The number of pyridine rings is 1. The highest BCUT2D eigenvalue weighted by Gasteiger charge is 2.08. The molecule has 3 rings (SSSR count). The Balaban J connectivity index is 2.03. The molecule has 0 aliphatic carbocycles. The van der Waals surface area contributed by atoms with Crippen molar-refractivity contribution in [2.45, 2.75) is 6.92 Å². The second kappa shape index (κ2) is 5.21. The third-order valence-electron chi connectivity index (χ3n) is 2.98. The summed E-state index contributed by atoms with van der Waals surface area (Å²) in [7, 11) is 0. The molecule has 1 aromatic carbocycles. The third kappa shape index (κ3) is 2.75. The molecule has 2 N–H and O–H groups in total. The Kier molecular flexibility index (Phi) is 3.39. The van der Waals surface area contributed by atoms with E-state index in [9.17, 15) is 4.79 Å². The van der Waals surface area contributed by atoms with Gasteiger partial charge in [0, 0.05) is 28.2 Å². The van der Waals surface area contributed by atoms with Crippen LogP contribution in [0.3, 0.4) is 0 Å². The lowest BCUT2D eigenvalue weighted by Crippen LogP contribution is -1.98. The molecule has 0 bridgehead atoms. The normalized spacial score (nSPS) is 10.8. The molecule has 0 fully saturated rings. The van der Waals surface area contributed by atoms with Gasteiger partial charge in [-0.05, 0) is 46.6 Å². The summed E-state index contributed by atoms with van der Waals surface area (Å²) in [6.07, 6.45) is 1.59. The maximum Gasteiger partial charge on any atom is 0.336 e. The van der Waals surface area contributed by atoms with Gasteiger partial charge in [-0.25, -0.2) is 9.78 Å². The van der Waals surface area contributed by atoms with E-state index in [1.807, 2.05) is 13.0 Å². The number of nitrogen functional groups attached to an aromatic ring is 1. The van der Waals surface area contributed by atoms with Crippen LogP contribution < -0.4 is 16.1 Å². The Morgan fingerprint density at radius 1 is 1.29 bits per heavy atom. The number of hydrogen-bond acceptors (Lipinski definition) is 5. The molecule has 0 saturated heterocycles. The summed E-state index contributed by atoms with van der Waals surface area (Å²) in [5, 5.41) is 0.860. The van der Waals surface area contributed by atoms with Crippen molar-refractivity contribution in [1.82, 2.24) is 4.98 Å². The molecule has 0 unspecified atom stereocenters. The fourth-order valence-electron chi connectivity index (χ4n) is 2.01. The van der Waals surface area contributed by atoms with Crippen molar-refractivity contribution in [1.29, 1.82) is 0 Å². The van der Waals surface area contributed by atoms with Crippen LogP contribution in [-0.2, 0) is 0 Å². The Morgan fingerprint density at radius 3 is 2.86 bits per heavy atom. The van der Waals surface area contributed by atoms with Gasteiger partial charge in [0.2, 0.25) is 5.88 Å². The van der Waals surface area contributed by atoms with Gasteiger partial charge in [-0.1, -0.05) is 0 Å². The van der Waals surface area contributed by atoms with E-state index in [1.54, 1.807) is 24.4 Å². The molecule has 0 saturated carbocycles. The Labute approximate surface area is 128 Å². The average Bonchev–Trinajstić information content (AvgIpc) is 2.41. The molecule has 2 heterocycles. The number of anilines is 1. The number of aromatic nitrogens is 1. The number of benzene rings is 1. The summed E-state index contributed by atoms with van der Waals surface area (Å²) in [6, 6.07) is 8.41. The van der Waals surface area contributed by atoms with Crippen LogP contribution in [0.25, 0.3) is 11.0 Å². The highest BCUT2D eigenvalue weighted by atomic mass is 79.9. The molecule has 0 atom stereocenters. The van der Waals surface area contributed by atoms with E-state index in [2.05, 4.69) is 20.9 Å². The van der Waals surface area contributed by atoms with Gasteiger partial charge in [0.1, 0.15) is 11.3 Å². The van der Waals surface area contributed by atoms with Gasteiger partial charge < -0.3 is 14.9 Å². The van der Waals surface area contributed by atoms with E-state index in [0.717, 1.165) is 15.4 Å². The minimum absolute atomic E-state index is 0.299. The lowest BCUT2D eigenvalue weighted by molar-refractivity contribution is 0.463. The molecule has 0 aliphatic rings. The first kappa shape index (κ1) is 13.6. The molecule has 3 aromatic rings. The van der Waals surface area contributed by atoms with Crippen LogP contribution in [-0.4, -0.2) is 4.98 Å². The minimum atomic E-state index is -0.390. The van der Waals surface area contributed by atoms with Gasteiger partial charge in [0.15, 0.2) is 0 Å². The van der Waals surface area contributed by atoms with Crippen LogP contribution in [0.1, 0.15) is 5.56 Å². The second-order valence-electron chi connectivity index (χ2n) is 4.56. The number of aryl methyl sites for hydroxylation is 1. The first-order chi connectivity index (χ1) is 10.0. The molecular formula is C15H11BrN2O3. The summed E-state index contributed by atoms with van der Waals surface area (Å²) >= 11 is 3.28. The Hall–Kier alpha value is -2.34.